The number of methoxy groups -OCH3 is 1. The first-order valence-electron chi connectivity index (χ1n) is 10.2. The van der Waals surface area contributed by atoms with Crippen molar-refractivity contribution in [2.24, 2.45) is 0 Å². The molecular weight excluding hydrogens is 386 g/mol. The number of ether oxygens (including phenoxy) is 2. The zero-order chi connectivity index (χ0) is 20.2. The minimum Gasteiger partial charge on any atom is -0.493 e. The Morgan fingerprint density at radius 1 is 1.07 bits per heavy atom. The topological polar surface area (TPSA) is 47.6 Å². The molecule has 1 saturated carbocycles. The number of benzene rings is 2. The molecule has 4 nitrogen and oxygen atoms in total. The number of amides is 1. The molecule has 4 rings (SSSR count). The summed E-state index contributed by atoms with van der Waals surface area (Å²) in [5.74, 6) is 1.75. The molecule has 1 atom stereocenters. The van der Waals surface area contributed by atoms with Crippen molar-refractivity contribution in [2.45, 2.75) is 44.1 Å². The number of nitrogens with one attached hydrogen (secondary N) is 1. The number of rotatable bonds is 5. The number of carbonyl (C=O) groups is 1. The van der Waals surface area contributed by atoms with Crippen LogP contribution in [0.1, 0.15) is 49.1 Å². The van der Waals surface area contributed by atoms with E-state index >= 15 is 0 Å². The van der Waals surface area contributed by atoms with E-state index in [0.29, 0.717) is 18.0 Å². The van der Waals surface area contributed by atoms with Crippen molar-refractivity contribution in [1.29, 1.82) is 0 Å². The molecule has 0 unspecified atom stereocenters. The lowest BCUT2D eigenvalue weighted by Crippen LogP contribution is -2.35. The van der Waals surface area contributed by atoms with Crippen LogP contribution in [0.5, 0.6) is 11.5 Å². The third-order valence-electron chi connectivity index (χ3n) is 5.73. The number of hydrogen-bond acceptors (Lipinski definition) is 3. The van der Waals surface area contributed by atoms with Gasteiger partial charge in [0.05, 0.1) is 13.2 Å². The van der Waals surface area contributed by atoms with Gasteiger partial charge in [-0.05, 0) is 73.6 Å². The Balaban J connectivity index is 1.55. The van der Waals surface area contributed by atoms with E-state index in [4.69, 9.17) is 21.1 Å². The van der Waals surface area contributed by atoms with Gasteiger partial charge < -0.3 is 14.8 Å². The van der Waals surface area contributed by atoms with E-state index < -0.39 is 0 Å². The standard InChI is InChI=1S/C24H26ClNO3/c1-28-22-11-8-17(14-23(22)29-21-4-2-3-5-21)19-13-18(24(27)26-15-19)12-16-6-9-20(25)10-7-16/h6-12,14,19,21H,2-5,13,15H2,1H3,(H,26,27)/b18-12+/t19-/m1/s1. The van der Waals surface area contributed by atoms with Crippen molar-refractivity contribution in [1.82, 2.24) is 5.32 Å². The van der Waals surface area contributed by atoms with Crippen molar-refractivity contribution in [2.75, 3.05) is 13.7 Å². The van der Waals surface area contributed by atoms with Crippen LogP contribution in [0.25, 0.3) is 6.08 Å². The highest BCUT2D eigenvalue weighted by molar-refractivity contribution is 6.30. The number of hydrogen-bond donors (Lipinski definition) is 1. The van der Waals surface area contributed by atoms with E-state index in [0.717, 1.165) is 41.0 Å². The highest BCUT2D eigenvalue weighted by Crippen LogP contribution is 2.36. The van der Waals surface area contributed by atoms with Gasteiger partial charge in [0, 0.05) is 23.1 Å². The molecule has 2 aromatic carbocycles. The smallest absolute Gasteiger partial charge is 0.247 e. The van der Waals surface area contributed by atoms with Gasteiger partial charge in [-0.1, -0.05) is 29.8 Å². The fraction of sp³-hybridized carbons (Fsp3) is 0.375. The van der Waals surface area contributed by atoms with E-state index in [1.165, 1.54) is 12.8 Å². The largest absolute Gasteiger partial charge is 0.493 e. The predicted molar refractivity (Wildman–Crippen MR) is 116 cm³/mol. The molecule has 29 heavy (non-hydrogen) atoms. The summed E-state index contributed by atoms with van der Waals surface area (Å²) in [7, 11) is 1.67. The Labute approximate surface area is 176 Å². The van der Waals surface area contributed by atoms with Crippen molar-refractivity contribution < 1.29 is 14.3 Å². The monoisotopic (exact) mass is 411 g/mol. The van der Waals surface area contributed by atoms with Gasteiger partial charge in [0.15, 0.2) is 11.5 Å². The molecule has 1 heterocycles. The summed E-state index contributed by atoms with van der Waals surface area (Å²) in [5.41, 5.74) is 2.90. The SMILES string of the molecule is COc1ccc([C@H]2CNC(=O)/C(=C/c3ccc(Cl)cc3)C2)cc1OC1CCCC1. The van der Waals surface area contributed by atoms with E-state index in [2.05, 4.69) is 17.4 Å². The minimum absolute atomic E-state index is 0.00728. The van der Waals surface area contributed by atoms with Gasteiger partial charge in [0.2, 0.25) is 5.91 Å². The van der Waals surface area contributed by atoms with Crippen LogP contribution in [0.2, 0.25) is 5.02 Å². The molecule has 2 aliphatic rings. The number of piperidine rings is 1. The van der Waals surface area contributed by atoms with Crippen LogP contribution in [0.3, 0.4) is 0 Å². The number of carbonyl (C=O) groups excluding carboxylic acids is 1. The molecule has 1 saturated heterocycles. The summed E-state index contributed by atoms with van der Waals surface area (Å²) in [5, 5.41) is 3.71. The van der Waals surface area contributed by atoms with Gasteiger partial charge in [-0.3, -0.25) is 4.79 Å². The minimum atomic E-state index is -0.00728. The van der Waals surface area contributed by atoms with E-state index in [-0.39, 0.29) is 17.9 Å². The first-order valence-corrected chi connectivity index (χ1v) is 10.6. The molecule has 1 aliphatic heterocycles. The third-order valence-corrected chi connectivity index (χ3v) is 5.98. The van der Waals surface area contributed by atoms with Crippen LogP contribution in [0.4, 0.5) is 0 Å². The summed E-state index contributed by atoms with van der Waals surface area (Å²) < 4.78 is 11.8. The zero-order valence-electron chi connectivity index (χ0n) is 16.6. The van der Waals surface area contributed by atoms with Crippen LogP contribution in [-0.2, 0) is 4.79 Å². The zero-order valence-corrected chi connectivity index (χ0v) is 17.4. The molecule has 0 bridgehead atoms. The molecule has 5 heteroatoms. The summed E-state index contributed by atoms with van der Waals surface area (Å²) in [6.45, 7) is 0.617. The summed E-state index contributed by atoms with van der Waals surface area (Å²) in [4.78, 5) is 12.4. The highest BCUT2D eigenvalue weighted by Gasteiger charge is 2.26. The van der Waals surface area contributed by atoms with E-state index in [1.54, 1.807) is 7.11 Å². The van der Waals surface area contributed by atoms with Crippen LogP contribution >= 0.6 is 11.6 Å². The predicted octanol–water partition coefficient (Wildman–Crippen LogP) is 5.36. The normalized spacial score (nSPS) is 21.2. The molecule has 152 valence electrons. The van der Waals surface area contributed by atoms with E-state index in [1.807, 2.05) is 36.4 Å². The first-order chi connectivity index (χ1) is 14.1. The second kappa shape index (κ2) is 8.91. The van der Waals surface area contributed by atoms with Gasteiger partial charge in [-0.2, -0.15) is 0 Å². The van der Waals surface area contributed by atoms with Crippen LogP contribution in [0, 0.1) is 0 Å². The molecular formula is C24H26ClNO3. The van der Waals surface area contributed by atoms with Crippen molar-refractivity contribution in [3.05, 3.63) is 64.2 Å². The maximum absolute atomic E-state index is 12.4. The molecule has 0 spiro atoms. The summed E-state index contributed by atoms with van der Waals surface area (Å²) >= 11 is 5.96. The van der Waals surface area contributed by atoms with Gasteiger partial charge in [-0.25, -0.2) is 0 Å². The maximum atomic E-state index is 12.4. The molecule has 0 aromatic heterocycles. The Hall–Kier alpha value is -2.46. The van der Waals surface area contributed by atoms with Gasteiger partial charge in [0.1, 0.15) is 0 Å². The lowest BCUT2D eigenvalue weighted by molar-refractivity contribution is -0.118. The summed E-state index contributed by atoms with van der Waals surface area (Å²) in [6, 6.07) is 13.6. The van der Waals surface area contributed by atoms with Crippen LogP contribution < -0.4 is 14.8 Å². The second-order valence-corrected chi connectivity index (χ2v) is 8.20. The van der Waals surface area contributed by atoms with Gasteiger partial charge >= 0.3 is 0 Å². The van der Waals surface area contributed by atoms with E-state index in [9.17, 15) is 4.79 Å². The first kappa shape index (κ1) is 19.8. The molecule has 2 aromatic rings. The molecule has 1 aliphatic carbocycles. The fourth-order valence-electron chi connectivity index (χ4n) is 4.11. The van der Waals surface area contributed by atoms with Crippen LogP contribution in [0.15, 0.2) is 48.0 Å². The van der Waals surface area contributed by atoms with Crippen LogP contribution in [-0.4, -0.2) is 25.7 Å². The number of halogens is 1. The molecule has 1 N–H and O–H groups in total. The third kappa shape index (κ3) is 4.76. The molecule has 0 radical (unpaired) electrons. The van der Waals surface area contributed by atoms with Crippen molar-refractivity contribution in [3.8, 4) is 11.5 Å². The average molecular weight is 412 g/mol. The van der Waals surface area contributed by atoms with Gasteiger partial charge in [-0.15, -0.1) is 0 Å². The maximum Gasteiger partial charge on any atom is 0.247 e. The Kier molecular flexibility index (Phi) is 6.10. The Bertz CT molecular complexity index is 901. The summed E-state index contributed by atoms with van der Waals surface area (Å²) in [6.07, 6.45) is 7.54. The van der Waals surface area contributed by atoms with Crippen molar-refractivity contribution >= 4 is 23.6 Å². The Morgan fingerprint density at radius 3 is 2.55 bits per heavy atom. The Morgan fingerprint density at radius 2 is 1.83 bits per heavy atom. The lowest BCUT2D eigenvalue weighted by atomic mass is 9.87. The lowest BCUT2D eigenvalue weighted by Gasteiger charge is -2.26. The van der Waals surface area contributed by atoms with Gasteiger partial charge in [0.25, 0.3) is 0 Å². The molecule has 1 amide bonds. The fourth-order valence-corrected chi connectivity index (χ4v) is 4.23. The average Bonchev–Trinajstić information content (AvgIpc) is 3.24. The quantitative estimate of drug-likeness (QED) is 0.674. The highest BCUT2D eigenvalue weighted by atomic mass is 35.5. The van der Waals surface area contributed by atoms with Crippen molar-refractivity contribution in [3.63, 3.8) is 0 Å². The molecule has 2 fully saturated rings. The second-order valence-electron chi connectivity index (χ2n) is 7.77.